The highest BCUT2D eigenvalue weighted by Crippen LogP contribution is 2.29. The molecule has 6 nitrogen and oxygen atoms in total. The van der Waals surface area contributed by atoms with Crippen LogP contribution in [-0.2, 0) is 23.0 Å². The fourth-order valence-electron chi connectivity index (χ4n) is 4.11. The summed E-state index contributed by atoms with van der Waals surface area (Å²) in [5, 5.41) is 9.84. The molecule has 0 spiro atoms. The lowest BCUT2D eigenvalue weighted by molar-refractivity contribution is 0.0664. The van der Waals surface area contributed by atoms with Crippen LogP contribution in [0.15, 0.2) is 82.1 Å². The number of fused-ring (bicyclic) bond motifs is 1. The Kier molecular flexibility index (Phi) is 7.10. The van der Waals surface area contributed by atoms with Crippen molar-refractivity contribution in [2.45, 2.75) is 44.6 Å². The predicted molar refractivity (Wildman–Crippen MR) is 136 cm³/mol. The van der Waals surface area contributed by atoms with Crippen molar-refractivity contribution in [3.63, 3.8) is 0 Å². The lowest BCUT2D eigenvalue weighted by Gasteiger charge is -2.23. The van der Waals surface area contributed by atoms with Crippen LogP contribution in [0.25, 0.3) is 11.0 Å². The van der Waals surface area contributed by atoms with Gasteiger partial charge in [0.25, 0.3) is 0 Å². The number of carboxylic acids is 1. The minimum atomic E-state index is -3.87. The van der Waals surface area contributed by atoms with Gasteiger partial charge in [-0.15, -0.1) is 0 Å². The van der Waals surface area contributed by atoms with Crippen molar-refractivity contribution in [1.29, 1.82) is 0 Å². The van der Waals surface area contributed by atoms with Gasteiger partial charge >= 0.3 is 5.97 Å². The number of hydrogen-bond donors (Lipinski definition) is 1. The van der Waals surface area contributed by atoms with Gasteiger partial charge < -0.3 is 9.52 Å². The molecule has 1 aromatic heterocycles. The van der Waals surface area contributed by atoms with Gasteiger partial charge in [-0.25, -0.2) is 13.2 Å². The first kappa shape index (κ1) is 24.7. The highest BCUT2D eigenvalue weighted by Gasteiger charge is 2.26. The van der Waals surface area contributed by atoms with E-state index in [9.17, 15) is 18.3 Å². The van der Waals surface area contributed by atoms with E-state index in [1.54, 1.807) is 6.92 Å². The van der Waals surface area contributed by atoms with E-state index in [1.807, 2.05) is 54.6 Å². The molecule has 35 heavy (non-hydrogen) atoms. The van der Waals surface area contributed by atoms with Crippen LogP contribution >= 0.6 is 0 Å². The summed E-state index contributed by atoms with van der Waals surface area (Å²) in [6, 6.07) is 22.3. The number of furan rings is 1. The maximum atomic E-state index is 13.8. The number of rotatable bonds is 9. The predicted octanol–water partition coefficient (Wildman–Crippen LogP) is 6.00. The number of carbonyl (C=O) groups is 1. The Bertz CT molecular complexity index is 1440. The molecule has 4 aromatic rings. The van der Waals surface area contributed by atoms with Gasteiger partial charge in [0.2, 0.25) is 15.8 Å². The third kappa shape index (κ3) is 5.31. The number of benzene rings is 3. The standard InChI is InChI=1S/C28H29NO5S/c1-19(2)23-11-9-22(10-12-23)18-29(16-15-21-7-5-4-6-8-21)35(32,33)24-13-14-26-25(17-24)20(3)27(34-26)28(30)31/h4-14,17,19H,15-16,18H2,1-3H3,(H,30,31). The number of nitrogens with zero attached hydrogens (tertiary/aromatic N) is 1. The molecule has 0 radical (unpaired) electrons. The molecule has 0 saturated carbocycles. The quantitative estimate of drug-likeness (QED) is 0.310. The van der Waals surface area contributed by atoms with Crippen LogP contribution in [0.3, 0.4) is 0 Å². The maximum Gasteiger partial charge on any atom is 0.372 e. The zero-order valence-electron chi connectivity index (χ0n) is 20.1. The second kappa shape index (κ2) is 10.1. The van der Waals surface area contributed by atoms with Crippen molar-refractivity contribution in [1.82, 2.24) is 4.31 Å². The molecule has 0 fully saturated rings. The van der Waals surface area contributed by atoms with E-state index >= 15 is 0 Å². The van der Waals surface area contributed by atoms with E-state index in [1.165, 1.54) is 28.1 Å². The summed E-state index contributed by atoms with van der Waals surface area (Å²) in [6.45, 7) is 6.40. The summed E-state index contributed by atoms with van der Waals surface area (Å²) >= 11 is 0. The molecule has 182 valence electrons. The summed E-state index contributed by atoms with van der Waals surface area (Å²) in [4.78, 5) is 11.6. The third-order valence-electron chi connectivity index (χ3n) is 6.24. The molecule has 0 saturated heterocycles. The van der Waals surface area contributed by atoms with Crippen LogP contribution < -0.4 is 0 Å². The average molecular weight is 492 g/mol. The molecule has 0 aliphatic rings. The second-order valence-corrected chi connectivity index (χ2v) is 10.9. The van der Waals surface area contributed by atoms with Gasteiger partial charge in [0, 0.05) is 24.0 Å². The fourth-order valence-corrected chi connectivity index (χ4v) is 5.56. The Morgan fingerprint density at radius 1 is 0.971 bits per heavy atom. The van der Waals surface area contributed by atoms with Crippen molar-refractivity contribution >= 4 is 27.0 Å². The highest BCUT2D eigenvalue weighted by atomic mass is 32.2. The first-order chi connectivity index (χ1) is 16.7. The number of hydrogen-bond acceptors (Lipinski definition) is 4. The fraction of sp³-hybridized carbons (Fsp3) is 0.250. The van der Waals surface area contributed by atoms with E-state index in [0.29, 0.717) is 35.4 Å². The first-order valence-electron chi connectivity index (χ1n) is 11.6. The van der Waals surface area contributed by atoms with Crippen LogP contribution in [0, 0.1) is 6.92 Å². The van der Waals surface area contributed by atoms with E-state index in [2.05, 4.69) is 13.8 Å². The van der Waals surface area contributed by atoms with E-state index < -0.39 is 16.0 Å². The summed E-state index contributed by atoms with van der Waals surface area (Å²) in [6.07, 6.45) is 0.570. The molecule has 0 unspecified atom stereocenters. The lowest BCUT2D eigenvalue weighted by Crippen LogP contribution is -2.32. The molecule has 0 amide bonds. The summed E-state index contributed by atoms with van der Waals surface area (Å²) in [5.74, 6) is -0.972. The largest absolute Gasteiger partial charge is 0.475 e. The van der Waals surface area contributed by atoms with Gasteiger partial charge in [-0.1, -0.05) is 68.4 Å². The molecule has 7 heteroatoms. The highest BCUT2D eigenvalue weighted by molar-refractivity contribution is 7.89. The normalized spacial score (nSPS) is 12.0. The van der Waals surface area contributed by atoms with Crippen LogP contribution in [0.5, 0.6) is 0 Å². The first-order valence-corrected chi connectivity index (χ1v) is 13.0. The van der Waals surface area contributed by atoms with Crippen LogP contribution in [0.4, 0.5) is 0 Å². The number of aryl methyl sites for hydroxylation is 1. The number of sulfonamides is 1. The molecule has 1 heterocycles. The van der Waals surface area contributed by atoms with Crippen LogP contribution in [0.2, 0.25) is 0 Å². The summed E-state index contributed by atoms with van der Waals surface area (Å²) < 4.78 is 34.5. The Balaban J connectivity index is 1.69. The molecule has 0 aliphatic heterocycles. The Morgan fingerprint density at radius 2 is 1.66 bits per heavy atom. The van der Waals surface area contributed by atoms with Crippen molar-refractivity contribution in [2.75, 3.05) is 6.54 Å². The van der Waals surface area contributed by atoms with Gasteiger partial charge in [0.15, 0.2) is 0 Å². The van der Waals surface area contributed by atoms with Crippen LogP contribution in [0.1, 0.15) is 52.6 Å². The minimum Gasteiger partial charge on any atom is -0.475 e. The van der Waals surface area contributed by atoms with Gasteiger partial charge in [-0.05, 0) is 54.2 Å². The van der Waals surface area contributed by atoms with E-state index in [-0.39, 0.29) is 17.2 Å². The molecule has 3 aromatic carbocycles. The lowest BCUT2D eigenvalue weighted by atomic mass is 10.0. The van der Waals surface area contributed by atoms with Gasteiger partial charge in [-0.2, -0.15) is 4.31 Å². The zero-order chi connectivity index (χ0) is 25.2. The number of aromatic carboxylic acids is 1. The molecular formula is C28H29NO5S. The molecule has 0 bridgehead atoms. The Labute approximate surface area is 205 Å². The van der Waals surface area contributed by atoms with E-state index in [0.717, 1.165) is 11.1 Å². The topological polar surface area (TPSA) is 87.8 Å². The van der Waals surface area contributed by atoms with Crippen LogP contribution in [-0.4, -0.2) is 30.3 Å². The smallest absolute Gasteiger partial charge is 0.372 e. The van der Waals surface area contributed by atoms with Crippen molar-refractivity contribution in [3.8, 4) is 0 Å². The molecule has 0 atom stereocenters. The zero-order valence-corrected chi connectivity index (χ0v) is 20.9. The van der Waals surface area contributed by atoms with Gasteiger partial charge in [0.1, 0.15) is 5.58 Å². The van der Waals surface area contributed by atoms with Crippen molar-refractivity contribution in [3.05, 3.63) is 101 Å². The van der Waals surface area contributed by atoms with E-state index in [4.69, 9.17) is 4.42 Å². The third-order valence-corrected chi connectivity index (χ3v) is 8.08. The summed E-state index contributed by atoms with van der Waals surface area (Å²) in [7, 11) is -3.87. The maximum absolute atomic E-state index is 13.8. The monoisotopic (exact) mass is 491 g/mol. The van der Waals surface area contributed by atoms with Gasteiger partial charge in [-0.3, -0.25) is 0 Å². The average Bonchev–Trinajstić information content (AvgIpc) is 3.18. The molecule has 4 rings (SSSR count). The summed E-state index contributed by atoms with van der Waals surface area (Å²) in [5.41, 5.74) is 3.90. The number of carboxylic acid groups (broad SMARTS) is 1. The molecule has 0 aliphatic carbocycles. The SMILES string of the molecule is Cc1c(C(=O)O)oc2ccc(S(=O)(=O)N(CCc3ccccc3)Cc3ccc(C(C)C)cc3)cc12. The van der Waals surface area contributed by atoms with Crippen molar-refractivity contribution < 1.29 is 22.7 Å². The Hall–Kier alpha value is -3.42. The molecular weight excluding hydrogens is 462 g/mol. The van der Waals surface area contributed by atoms with Crippen molar-refractivity contribution in [2.24, 2.45) is 0 Å². The Morgan fingerprint density at radius 3 is 2.29 bits per heavy atom. The molecule has 1 N–H and O–H groups in total. The van der Waals surface area contributed by atoms with Gasteiger partial charge in [0.05, 0.1) is 4.90 Å². The minimum absolute atomic E-state index is 0.109. The second-order valence-electron chi connectivity index (χ2n) is 8.99.